The van der Waals surface area contributed by atoms with Crippen molar-refractivity contribution in [2.75, 3.05) is 13.7 Å². The summed E-state index contributed by atoms with van der Waals surface area (Å²) in [4.78, 5) is 0. The summed E-state index contributed by atoms with van der Waals surface area (Å²) in [6.07, 6.45) is 1.23. The van der Waals surface area contributed by atoms with Crippen molar-refractivity contribution < 1.29 is 4.74 Å². The molecular formula is C10H12BrNO. The molecule has 0 saturated carbocycles. The molecule has 1 unspecified atom stereocenters. The third-order valence-electron chi connectivity index (χ3n) is 2.40. The van der Waals surface area contributed by atoms with Gasteiger partial charge in [0.05, 0.1) is 11.6 Å². The zero-order chi connectivity index (χ0) is 9.26. The molecule has 70 valence electrons. The van der Waals surface area contributed by atoms with Gasteiger partial charge in [0.25, 0.3) is 0 Å². The molecule has 1 aromatic carbocycles. The highest BCUT2D eigenvalue weighted by Gasteiger charge is 2.18. The Morgan fingerprint density at radius 3 is 2.77 bits per heavy atom. The quantitative estimate of drug-likeness (QED) is 0.860. The van der Waals surface area contributed by atoms with E-state index >= 15 is 0 Å². The first-order valence-electron chi connectivity index (χ1n) is 4.38. The Morgan fingerprint density at radius 1 is 1.54 bits per heavy atom. The summed E-state index contributed by atoms with van der Waals surface area (Å²) in [6.45, 7) is 1.13. The highest BCUT2D eigenvalue weighted by atomic mass is 79.9. The molecule has 2 nitrogen and oxygen atoms in total. The Kier molecular flexibility index (Phi) is 2.56. The Balaban J connectivity index is 2.24. The van der Waals surface area contributed by atoms with Gasteiger partial charge in [-0.25, -0.2) is 0 Å². The second-order valence-corrected chi connectivity index (χ2v) is 4.04. The molecule has 1 fully saturated rings. The SMILES string of the molecule is COc1ccc(C2CCN2)cc1Br. The van der Waals surface area contributed by atoms with Gasteiger partial charge in [-0.1, -0.05) is 6.07 Å². The fourth-order valence-corrected chi connectivity index (χ4v) is 2.03. The normalized spacial score (nSPS) is 20.9. The second-order valence-electron chi connectivity index (χ2n) is 3.19. The summed E-state index contributed by atoms with van der Waals surface area (Å²) in [7, 11) is 1.68. The molecule has 0 amide bonds. The Morgan fingerprint density at radius 2 is 2.31 bits per heavy atom. The summed E-state index contributed by atoms with van der Waals surface area (Å²) in [6, 6.07) is 6.78. The van der Waals surface area contributed by atoms with Crippen LogP contribution in [-0.2, 0) is 0 Å². The van der Waals surface area contributed by atoms with E-state index in [4.69, 9.17) is 4.74 Å². The van der Waals surface area contributed by atoms with E-state index in [0.29, 0.717) is 6.04 Å². The minimum atomic E-state index is 0.544. The zero-order valence-electron chi connectivity index (χ0n) is 7.51. The lowest BCUT2D eigenvalue weighted by molar-refractivity contribution is 0.381. The van der Waals surface area contributed by atoms with E-state index in [-0.39, 0.29) is 0 Å². The molecule has 13 heavy (non-hydrogen) atoms. The van der Waals surface area contributed by atoms with E-state index in [0.717, 1.165) is 16.8 Å². The highest BCUT2D eigenvalue weighted by molar-refractivity contribution is 9.10. The molecule has 0 aromatic heterocycles. The third-order valence-corrected chi connectivity index (χ3v) is 3.02. The van der Waals surface area contributed by atoms with Crippen molar-refractivity contribution >= 4 is 15.9 Å². The molecule has 0 bridgehead atoms. The third kappa shape index (κ3) is 1.71. The number of halogens is 1. The second kappa shape index (κ2) is 3.68. The molecule has 1 atom stereocenters. The van der Waals surface area contributed by atoms with Gasteiger partial charge in [-0.05, 0) is 46.6 Å². The van der Waals surface area contributed by atoms with Crippen molar-refractivity contribution in [3.8, 4) is 5.75 Å². The fourth-order valence-electron chi connectivity index (χ4n) is 1.47. The van der Waals surface area contributed by atoms with Crippen molar-refractivity contribution in [2.24, 2.45) is 0 Å². The fraction of sp³-hybridized carbons (Fsp3) is 0.400. The van der Waals surface area contributed by atoms with Gasteiger partial charge < -0.3 is 10.1 Å². The van der Waals surface area contributed by atoms with Gasteiger partial charge in [0, 0.05) is 6.04 Å². The summed E-state index contributed by atoms with van der Waals surface area (Å²) >= 11 is 3.48. The first kappa shape index (κ1) is 9.03. The van der Waals surface area contributed by atoms with E-state index in [1.807, 2.05) is 6.07 Å². The van der Waals surface area contributed by atoms with Crippen LogP contribution in [0.2, 0.25) is 0 Å². The maximum atomic E-state index is 5.16. The van der Waals surface area contributed by atoms with Crippen molar-refractivity contribution in [1.29, 1.82) is 0 Å². The number of methoxy groups -OCH3 is 1. The Hall–Kier alpha value is -0.540. The molecule has 1 saturated heterocycles. The molecule has 1 N–H and O–H groups in total. The van der Waals surface area contributed by atoms with Gasteiger partial charge in [-0.3, -0.25) is 0 Å². The summed E-state index contributed by atoms with van der Waals surface area (Å²) in [5, 5.41) is 3.36. The molecule has 0 spiro atoms. The van der Waals surface area contributed by atoms with Crippen molar-refractivity contribution in [1.82, 2.24) is 5.32 Å². The van der Waals surface area contributed by atoms with Crippen LogP contribution in [0.4, 0.5) is 0 Å². The summed E-state index contributed by atoms with van der Waals surface area (Å²) in [5.74, 6) is 0.892. The number of nitrogens with one attached hydrogen (secondary N) is 1. The van der Waals surface area contributed by atoms with Crippen LogP contribution < -0.4 is 10.1 Å². The number of rotatable bonds is 2. The topological polar surface area (TPSA) is 21.3 Å². The van der Waals surface area contributed by atoms with Crippen LogP contribution in [0.1, 0.15) is 18.0 Å². The molecule has 1 aliphatic heterocycles. The lowest BCUT2D eigenvalue weighted by atomic mass is 9.98. The smallest absolute Gasteiger partial charge is 0.133 e. The van der Waals surface area contributed by atoms with E-state index < -0.39 is 0 Å². The van der Waals surface area contributed by atoms with E-state index in [1.165, 1.54) is 12.0 Å². The number of hydrogen-bond acceptors (Lipinski definition) is 2. The molecular weight excluding hydrogens is 230 g/mol. The predicted octanol–water partition coefficient (Wildman–Crippen LogP) is 2.49. The predicted molar refractivity (Wildman–Crippen MR) is 56.1 cm³/mol. The van der Waals surface area contributed by atoms with Crippen molar-refractivity contribution in [3.05, 3.63) is 28.2 Å². The molecule has 2 rings (SSSR count). The van der Waals surface area contributed by atoms with Gasteiger partial charge in [0.2, 0.25) is 0 Å². The molecule has 1 heterocycles. The number of benzene rings is 1. The first-order valence-corrected chi connectivity index (χ1v) is 5.17. The summed E-state index contributed by atoms with van der Waals surface area (Å²) in [5.41, 5.74) is 1.33. The van der Waals surface area contributed by atoms with Crippen LogP contribution in [0, 0.1) is 0 Å². The largest absolute Gasteiger partial charge is 0.496 e. The maximum absolute atomic E-state index is 5.16. The van der Waals surface area contributed by atoms with Crippen LogP contribution in [0.25, 0.3) is 0 Å². The van der Waals surface area contributed by atoms with Crippen LogP contribution in [0.5, 0.6) is 5.75 Å². The van der Waals surface area contributed by atoms with Crippen LogP contribution in [-0.4, -0.2) is 13.7 Å². The van der Waals surface area contributed by atoms with Crippen LogP contribution in [0.15, 0.2) is 22.7 Å². The summed E-state index contributed by atoms with van der Waals surface area (Å²) < 4.78 is 6.19. The van der Waals surface area contributed by atoms with Gasteiger partial charge in [-0.2, -0.15) is 0 Å². The average molecular weight is 242 g/mol. The maximum Gasteiger partial charge on any atom is 0.133 e. The number of ether oxygens (including phenoxy) is 1. The Labute approximate surface area is 86.4 Å². The average Bonchev–Trinajstić information content (AvgIpc) is 2.01. The highest BCUT2D eigenvalue weighted by Crippen LogP contribution is 2.30. The zero-order valence-corrected chi connectivity index (χ0v) is 9.10. The molecule has 1 aliphatic rings. The van der Waals surface area contributed by atoms with Crippen molar-refractivity contribution in [2.45, 2.75) is 12.5 Å². The molecule has 3 heteroatoms. The number of hydrogen-bond donors (Lipinski definition) is 1. The van der Waals surface area contributed by atoms with Gasteiger partial charge in [-0.15, -0.1) is 0 Å². The van der Waals surface area contributed by atoms with E-state index in [2.05, 4.69) is 33.4 Å². The van der Waals surface area contributed by atoms with E-state index in [9.17, 15) is 0 Å². The molecule has 0 aliphatic carbocycles. The minimum Gasteiger partial charge on any atom is -0.496 e. The van der Waals surface area contributed by atoms with Gasteiger partial charge in [0.15, 0.2) is 0 Å². The van der Waals surface area contributed by atoms with E-state index in [1.54, 1.807) is 7.11 Å². The van der Waals surface area contributed by atoms with Gasteiger partial charge >= 0.3 is 0 Å². The standard InChI is InChI=1S/C10H12BrNO/c1-13-10-3-2-7(6-8(10)11)9-4-5-12-9/h2-3,6,9,12H,4-5H2,1H3. The van der Waals surface area contributed by atoms with Crippen molar-refractivity contribution in [3.63, 3.8) is 0 Å². The first-order chi connectivity index (χ1) is 6.31. The minimum absolute atomic E-state index is 0.544. The lowest BCUT2D eigenvalue weighted by Crippen LogP contribution is -2.34. The van der Waals surface area contributed by atoms with Crippen LogP contribution >= 0.6 is 15.9 Å². The molecule has 0 radical (unpaired) electrons. The Bertz CT molecular complexity index is 310. The van der Waals surface area contributed by atoms with Crippen LogP contribution in [0.3, 0.4) is 0 Å². The lowest BCUT2D eigenvalue weighted by Gasteiger charge is -2.28. The molecule has 1 aromatic rings. The van der Waals surface area contributed by atoms with Gasteiger partial charge in [0.1, 0.15) is 5.75 Å². The monoisotopic (exact) mass is 241 g/mol.